The van der Waals surface area contributed by atoms with Crippen molar-refractivity contribution in [3.8, 4) is 22.6 Å². The topological polar surface area (TPSA) is 73.2 Å². The Morgan fingerprint density at radius 3 is 2.18 bits per heavy atom. The number of carbonyl (C=O) groups is 1. The SMILES string of the molecule is COc1ccc(-c2c(NC(=O)c3ccc(F)cc3)n(-c3ccc(C)cc3)nc(C)c2=O)cc1. The molecule has 0 fully saturated rings. The molecule has 4 aromatic rings. The quantitative estimate of drug-likeness (QED) is 0.475. The highest BCUT2D eigenvalue weighted by atomic mass is 19.1. The first-order valence-corrected chi connectivity index (χ1v) is 10.3. The summed E-state index contributed by atoms with van der Waals surface area (Å²) in [5.41, 5.74) is 2.85. The Hall–Kier alpha value is -4.26. The summed E-state index contributed by atoms with van der Waals surface area (Å²) in [6, 6.07) is 19.7. The number of aryl methyl sites for hydroxylation is 2. The van der Waals surface area contributed by atoms with Gasteiger partial charge in [-0.2, -0.15) is 5.10 Å². The van der Waals surface area contributed by atoms with Gasteiger partial charge in [-0.1, -0.05) is 29.8 Å². The number of carbonyl (C=O) groups excluding carboxylic acids is 1. The Morgan fingerprint density at radius 1 is 0.939 bits per heavy atom. The number of amides is 1. The van der Waals surface area contributed by atoms with Crippen LogP contribution in [0.2, 0.25) is 0 Å². The number of hydrogen-bond donors (Lipinski definition) is 1. The van der Waals surface area contributed by atoms with Gasteiger partial charge in [0, 0.05) is 5.56 Å². The first kappa shape index (κ1) is 22.0. The summed E-state index contributed by atoms with van der Waals surface area (Å²) in [6.07, 6.45) is 0. The normalized spacial score (nSPS) is 10.7. The summed E-state index contributed by atoms with van der Waals surface area (Å²) < 4.78 is 20.1. The Bertz CT molecular complexity index is 1360. The Labute approximate surface area is 190 Å². The van der Waals surface area contributed by atoms with Crippen molar-refractivity contribution in [1.82, 2.24) is 9.78 Å². The molecule has 0 spiro atoms. The molecule has 33 heavy (non-hydrogen) atoms. The van der Waals surface area contributed by atoms with Crippen molar-refractivity contribution >= 4 is 11.7 Å². The van der Waals surface area contributed by atoms with Gasteiger partial charge >= 0.3 is 0 Å². The maximum absolute atomic E-state index is 13.3. The van der Waals surface area contributed by atoms with Crippen molar-refractivity contribution in [1.29, 1.82) is 0 Å². The zero-order chi connectivity index (χ0) is 23.5. The highest BCUT2D eigenvalue weighted by Gasteiger charge is 2.21. The van der Waals surface area contributed by atoms with Crippen LogP contribution in [0, 0.1) is 19.7 Å². The van der Waals surface area contributed by atoms with E-state index in [1.807, 2.05) is 31.2 Å². The highest BCUT2D eigenvalue weighted by molar-refractivity contribution is 6.05. The average molecular weight is 443 g/mol. The summed E-state index contributed by atoms with van der Waals surface area (Å²) in [4.78, 5) is 26.3. The summed E-state index contributed by atoms with van der Waals surface area (Å²) in [6.45, 7) is 3.60. The number of halogens is 1. The van der Waals surface area contributed by atoms with E-state index in [-0.39, 0.29) is 22.5 Å². The molecule has 4 rings (SSSR count). The van der Waals surface area contributed by atoms with Crippen LogP contribution in [0.3, 0.4) is 0 Å². The molecule has 166 valence electrons. The summed E-state index contributed by atoms with van der Waals surface area (Å²) in [5, 5.41) is 7.29. The number of anilines is 1. The Kier molecular flexibility index (Phi) is 6.04. The predicted molar refractivity (Wildman–Crippen MR) is 126 cm³/mol. The number of methoxy groups -OCH3 is 1. The number of aromatic nitrogens is 2. The van der Waals surface area contributed by atoms with Crippen LogP contribution in [-0.4, -0.2) is 22.8 Å². The molecule has 1 N–H and O–H groups in total. The number of rotatable bonds is 5. The summed E-state index contributed by atoms with van der Waals surface area (Å²) in [7, 11) is 1.56. The minimum Gasteiger partial charge on any atom is -0.497 e. The summed E-state index contributed by atoms with van der Waals surface area (Å²) >= 11 is 0. The van der Waals surface area contributed by atoms with E-state index in [1.54, 1.807) is 38.3 Å². The largest absolute Gasteiger partial charge is 0.497 e. The van der Waals surface area contributed by atoms with Crippen LogP contribution < -0.4 is 15.5 Å². The second kappa shape index (κ2) is 9.08. The standard InChI is InChI=1S/C26H22FN3O3/c1-16-4-12-21(13-5-16)30-25(28-26(32)19-6-10-20(27)11-7-19)23(24(31)17(2)29-30)18-8-14-22(33-3)15-9-18/h4-15H,1-3H3,(H,28,32). The molecule has 1 aromatic heterocycles. The highest BCUT2D eigenvalue weighted by Crippen LogP contribution is 2.29. The minimum atomic E-state index is -0.490. The second-order valence-electron chi connectivity index (χ2n) is 7.58. The molecule has 7 heteroatoms. The zero-order valence-corrected chi connectivity index (χ0v) is 18.4. The number of benzene rings is 3. The molecule has 6 nitrogen and oxygen atoms in total. The van der Waals surface area contributed by atoms with E-state index in [2.05, 4.69) is 10.4 Å². The molecule has 0 aliphatic rings. The van der Waals surface area contributed by atoms with Gasteiger partial charge in [-0.05, 0) is 67.9 Å². The van der Waals surface area contributed by atoms with Gasteiger partial charge < -0.3 is 10.1 Å². The zero-order valence-electron chi connectivity index (χ0n) is 18.4. The van der Waals surface area contributed by atoms with Crippen molar-refractivity contribution in [2.75, 3.05) is 12.4 Å². The maximum Gasteiger partial charge on any atom is 0.256 e. The van der Waals surface area contributed by atoms with Crippen molar-refractivity contribution in [3.05, 3.63) is 106 Å². The van der Waals surface area contributed by atoms with Gasteiger partial charge in [-0.3, -0.25) is 9.59 Å². The lowest BCUT2D eigenvalue weighted by atomic mass is 10.0. The molecule has 0 radical (unpaired) electrons. The second-order valence-corrected chi connectivity index (χ2v) is 7.58. The predicted octanol–water partition coefficient (Wildman–Crippen LogP) is 4.92. The minimum absolute atomic E-state index is 0.217. The van der Waals surface area contributed by atoms with E-state index in [4.69, 9.17) is 4.74 Å². The fraction of sp³-hybridized carbons (Fsp3) is 0.115. The summed E-state index contributed by atoms with van der Waals surface area (Å²) in [5.74, 6) is -0.0797. The number of ether oxygens (including phenoxy) is 1. The Balaban J connectivity index is 1.93. The molecule has 1 amide bonds. The van der Waals surface area contributed by atoms with Gasteiger partial charge in [-0.25, -0.2) is 9.07 Å². The molecule has 0 aliphatic carbocycles. The lowest BCUT2D eigenvalue weighted by Crippen LogP contribution is -2.25. The van der Waals surface area contributed by atoms with Crippen molar-refractivity contribution in [3.63, 3.8) is 0 Å². The van der Waals surface area contributed by atoms with E-state index in [1.165, 1.54) is 28.9 Å². The van der Waals surface area contributed by atoms with Gasteiger partial charge in [0.2, 0.25) is 5.43 Å². The molecular formula is C26H22FN3O3. The van der Waals surface area contributed by atoms with Crippen LogP contribution in [0.5, 0.6) is 5.75 Å². The fourth-order valence-electron chi connectivity index (χ4n) is 3.43. The van der Waals surface area contributed by atoms with Gasteiger partial charge in [-0.15, -0.1) is 0 Å². The van der Waals surface area contributed by atoms with Crippen LogP contribution >= 0.6 is 0 Å². The maximum atomic E-state index is 13.3. The van der Waals surface area contributed by atoms with Crippen LogP contribution in [-0.2, 0) is 0 Å². The van der Waals surface area contributed by atoms with E-state index in [0.29, 0.717) is 22.6 Å². The number of nitrogens with zero attached hydrogens (tertiary/aromatic N) is 2. The third kappa shape index (κ3) is 4.52. The van der Waals surface area contributed by atoms with Crippen molar-refractivity contribution in [2.24, 2.45) is 0 Å². The van der Waals surface area contributed by atoms with E-state index in [9.17, 15) is 14.0 Å². The first-order chi connectivity index (χ1) is 15.9. The molecule has 3 aromatic carbocycles. The number of hydrogen-bond acceptors (Lipinski definition) is 4. The van der Waals surface area contributed by atoms with Crippen molar-refractivity contribution in [2.45, 2.75) is 13.8 Å². The fourth-order valence-corrected chi connectivity index (χ4v) is 3.43. The van der Waals surface area contributed by atoms with Gasteiger partial charge in [0.15, 0.2) is 0 Å². The van der Waals surface area contributed by atoms with Gasteiger partial charge in [0.1, 0.15) is 23.1 Å². The lowest BCUT2D eigenvalue weighted by Gasteiger charge is -2.18. The van der Waals surface area contributed by atoms with Crippen molar-refractivity contribution < 1.29 is 13.9 Å². The monoisotopic (exact) mass is 443 g/mol. The molecule has 0 bridgehead atoms. The molecule has 1 heterocycles. The van der Waals surface area contributed by atoms with Crippen LogP contribution in [0.4, 0.5) is 10.2 Å². The number of nitrogens with one attached hydrogen (secondary N) is 1. The lowest BCUT2D eigenvalue weighted by molar-refractivity contribution is 0.102. The molecule has 0 saturated heterocycles. The molecule has 0 aliphatic heterocycles. The van der Waals surface area contributed by atoms with E-state index in [0.717, 1.165) is 5.56 Å². The third-order valence-electron chi connectivity index (χ3n) is 5.25. The molecule has 0 saturated carbocycles. The average Bonchev–Trinajstić information content (AvgIpc) is 2.82. The molecule has 0 unspecified atom stereocenters. The Morgan fingerprint density at radius 2 is 1.58 bits per heavy atom. The van der Waals surface area contributed by atoms with Gasteiger partial charge in [0.05, 0.1) is 18.4 Å². The smallest absolute Gasteiger partial charge is 0.256 e. The third-order valence-corrected chi connectivity index (χ3v) is 5.25. The molecular weight excluding hydrogens is 421 g/mol. The molecule has 0 atom stereocenters. The van der Waals surface area contributed by atoms with E-state index < -0.39 is 11.7 Å². The first-order valence-electron chi connectivity index (χ1n) is 10.3. The van der Waals surface area contributed by atoms with Gasteiger partial charge in [0.25, 0.3) is 5.91 Å². The van der Waals surface area contributed by atoms with Crippen LogP contribution in [0.15, 0.2) is 77.6 Å². The van der Waals surface area contributed by atoms with Crippen LogP contribution in [0.25, 0.3) is 16.8 Å². The van der Waals surface area contributed by atoms with E-state index >= 15 is 0 Å². The van der Waals surface area contributed by atoms with Crippen LogP contribution in [0.1, 0.15) is 21.6 Å².